The van der Waals surface area contributed by atoms with Crippen molar-refractivity contribution >= 4 is 51.9 Å². The molecule has 0 radical (unpaired) electrons. The zero-order valence-corrected chi connectivity index (χ0v) is 24.3. The van der Waals surface area contributed by atoms with E-state index >= 15 is 0 Å². The first-order chi connectivity index (χ1) is 18.8. The van der Waals surface area contributed by atoms with Crippen LogP contribution in [-0.4, -0.2) is 48.5 Å². The van der Waals surface area contributed by atoms with Crippen molar-refractivity contribution in [3.63, 3.8) is 0 Å². The number of ether oxygens (including phenoxy) is 4. The largest absolute Gasteiger partial charge is 0.490 e. The molecule has 2 heterocycles. The first kappa shape index (κ1) is 28.4. The van der Waals surface area contributed by atoms with Crippen molar-refractivity contribution in [2.75, 3.05) is 26.9 Å². The van der Waals surface area contributed by atoms with E-state index in [2.05, 4.69) is 4.99 Å². The summed E-state index contributed by atoms with van der Waals surface area (Å²) in [7, 11) is 1.28. The highest BCUT2D eigenvalue weighted by Gasteiger charge is 2.31. The summed E-state index contributed by atoms with van der Waals surface area (Å²) in [5.41, 5.74) is 1.23. The maximum atomic E-state index is 13.7. The van der Waals surface area contributed by atoms with Gasteiger partial charge in [-0.05, 0) is 77.9 Å². The minimum atomic E-state index is -1.07. The van der Waals surface area contributed by atoms with Gasteiger partial charge in [0.15, 0.2) is 22.9 Å². The number of carbonyl (C=O) groups is 2. The lowest BCUT2D eigenvalue weighted by Crippen LogP contribution is -2.39. The second-order valence-corrected chi connectivity index (χ2v) is 10.3. The van der Waals surface area contributed by atoms with Gasteiger partial charge in [0.25, 0.3) is 5.56 Å². The number of fused-ring (bicyclic) bond motifs is 1. The van der Waals surface area contributed by atoms with E-state index in [0.717, 1.165) is 5.56 Å². The summed E-state index contributed by atoms with van der Waals surface area (Å²) in [6, 6.07) is 9.68. The Morgan fingerprint density at radius 3 is 2.46 bits per heavy atom. The van der Waals surface area contributed by atoms with Gasteiger partial charge >= 0.3 is 11.9 Å². The van der Waals surface area contributed by atoms with Gasteiger partial charge in [0.2, 0.25) is 0 Å². The van der Waals surface area contributed by atoms with Gasteiger partial charge < -0.3 is 24.1 Å². The number of carboxylic acid groups (broad SMARTS) is 1. The molecule has 0 spiro atoms. The topological polar surface area (TPSA) is 126 Å². The third-order valence-electron chi connectivity index (χ3n) is 5.61. The number of thiazole rings is 1. The molecule has 4 rings (SSSR count). The number of nitrogens with zero attached hydrogens (tertiary/aromatic N) is 2. The fourth-order valence-electron chi connectivity index (χ4n) is 4.00. The van der Waals surface area contributed by atoms with E-state index in [0.29, 0.717) is 48.9 Å². The molecule has 12 heteroatoms. The van der Waals surface area contributed by atoms with E-state index in [-0.39, 0.29) is 11.1 Å². The molecule has 39 heavy (non-hydrogen) atoms. The second kappa shape index (κ2) is 12.5. The average molecular weight is 664 g/mol. The Labute approximate surface area is 240 Å². The molecule has 0 unspecified atom stereocenters. The van der Waals surface area contributed by atoms with Crippen molar-refractivity contribution in [1.82, 2.24) is 4.57 Å². The van der Waals surface area contributed by atoms with Crippen LogP contribution in [0.4, 0.5) is 0 Å². The van der Waals surface area contributed by atoms with E-state index in [4.69, 9.17) is 24.1 Å². The molecule has 0 amide bonds. The molecular weight excluding hydrogens is 639 g/mol. The molecule has 2 aromatic carbocycles. The molecule has 204 valence electrons. The SMILES string of the molecule is CCOc1ccc([C@H]2C(C(=O)OC)=CN=c3s/c(=C\c4ccc(OCC(=O)O)c(I)c4)c(=O)n32)cc1OCC. The van der Waals surface area contributed by atoms with Gasteiger partial charge in [-0.3, -0.25) is 9.36 Å². The van der Waals surface area contributed by atoms with E-state index in [1.807, 2.05) is 36.4 Å². The molecule has 3 aromatic rings. The highest BCUT2D eigenvalue weighted by atomic mass is 127. The summed E-state index contributed by atoms with van der Waals surface area (Å²) >= 11 is 3.24. The Bertz CT molecular complexity index is 1630. The zero-order valence-electron chi connectivity index (χ0n) is 21.3. The van der Waals surface area contributed by atoms with Crippen LogP contribution < -0.4 is 29.1 Å². The minimum Gasteiger partial charge on any atom is -0.490 e. The molecule has 1 aromatic heterocycles. The van der Waals surface area contributed by atoms with Crippen LogP contribution in [-0.2, 0) is 14.3 Å². The number of esters is 1. The Kier molecular flexibility index (Phi) is 9.07. The third-order valence-corrected chi connectivity index (χ3v) is 7.45. The van der Waals surface area contributed by atoms with Gasteiger partial charge in [-0.2, -0.15) is 0 Å². The van der Waals surface area contributed by atoms with Crippen molar-refractivity contribution in [3.8, 4) is 17.2 Å². The monoisotopic (exact) mass is 664 g/mol. The average Bonchev–Trinajstić information content (AvgIpc) is 3.23. The zero-order chi connectivity index (χ0) is 28.1. The predicted molar refractivity (Wildman–Crippen MR) is 152 cm³/mol. The fourth-order valence-corrected chi connectivity index (χ4v) is 5.67. The Balaban J connectivity index is 1.82. The van der Waals surface area contributed by atoms with Crippen LogP contribution >= 0.6 is 33.9 Å². The summed E-state index contributed by atoms with van der Waals surface area (Å²) in [6.07, 6.45) is 3.15. The first-order valence-corrected chi connectivity index (χ1v) is 13.8. The molecular formula is C27H25IN2O8S. The van der Waals surface area contributed by atoms with Gasteiger partial charge in [0, 0.05) is 6.20 Å². The maximum Gasteiger partial charge on any atom is 0.341 e. The van der Waals surface area contributed by atoms with Crippen LogP contribution in [0.1, 0.15) is 31.0 Å². The van der Waals surface area contributed by atoms with Crippen molar-refractivity contribution < 1.29 is 33.6 Å². The Hall–Kier alpha value is -3.65. The van der Waals surface area contributed by atoms with Crippen LogP contribution in [0.2, 0.25) is 0 Å². The summed E-state index contributed by atoms with van der Waals surface area (Å²) in [6.45, 7) is 4.14. The summed E-state index contributed by atoms with van der Waals surface area (Å²) in [5, 5.41) is 8.85. The van der Waals surface area contributed by atoms with Crippen LogP contribution in [0.3, 0.4) is 0 Å². The number of hydrogen-bond acceptors (Lipinski definition) is 9. The predicted octanol–water partition coefficient (Wildman–Crippen LogP) is 2.88. The van der Waals surface area contributed by atoms with Crippen molar-refractivity contribution in [2.24, 2.45) is 4.99 Å². The van der Waals surface area contributed by atoms with Gasteiger partial charge in [-0.25, -0.2) is 14.6 Å². The fraction of sp³-hybridized carbons (Fsp3) is 0.259. The highest BCUT2D eigenvalue weighted by molar-refractivity contribution is 14.1. The Morgan fingerprint density at radius 1 is 1.08 bits per heavy atom. The van der Waals surface area contributed by atoms with Gasteiger partial charge in [0.1, 0.15) is 5.75 Å². The molecule has 0 bridgehead atoms. The van der Waals surface area contributed by atoms with Crippen LogP contribution in [0, 0.1) is 3.57 Å². The van der Waals surface area contributed by atoms with E-state index in [9.17, 15) is 14.4 Å². The molecule has 0 aliphatic carbocycles. The number of carbonyl (C=O) groups excluding carboxylic acids is 1. The first-order valence-electron chi connectivity index (χ1n) is 11.9. The van der Waals surface area contributed by atoms with E-state index in [1.54, 1.807) is 42.5 Å². The van der Waals surface area contributed by atoms with Crippen molar-refractivity contribution in [1.29, 1.82) is 0 Å². The number of aliphatic carboxylic acids is 1. The summed E-state index contributed by atoms with van der Waals surface area (Å²) in [4.78, 5) is 42.1. The summed E-state index contributed by atoms with van der Waals surface area (Å²) in [5.74, 6) is -0.182. The molecule has 1 N–H and O–H groups in total. The summed E-state index contributed by atoms with van der Waals surface area (Å²) < 4.78 is 24.3. The minimum absolute atomic E-state index is 0.206. The maximum absolute atomic E-state index is 13.7. The lowest BCUT2D eigenvalue weighted by molar-refractivity contribution is -0.139. The van der Waals surface area contributed by atoms with Gasteiger partial charge in [-0.15, -0.1) is 0 Å². The number of benzene rings is 2. The Morgan fingerprint density at radius 2 is 1.79 bits per heavy atom. The number of methoxy groups -OCH3 is 1. The van der Waals surface area contributed by atoms with Gasteiger partial charge in [-0.1, -0.05) is 23.5 Å². The third kappa shape index (κ3) is 6.17. The molecule has 10 nitrogen and oxygen atoms in total. The quantitative estimate of drug-likeness (QED) is 0.259. The molecule has 0 fully saturated rings. The normalized spacial score (nSPS) is 14.6. The smallest absolute Gasteiger partial charge is 0.341 e. The standard InChI is InChI=1S/C27H25IN2O8S/c1-4-36-20-9-7-16(12-21(20)37-5-2)24-17(26(34)35-3)13-29-27-30(24)25(33)22(39-27)11-15-6-8-19(18(28)10-15)38-14-23(31)32/h6-13,24H,4-5,14H2,1-3H3,(H,31,32)/b22-11-/t24-/m0/s1. The molecule has 1 aliphatic rings. The number of aromatic nitrogens is 1. The van der Waals surface area contributed by atoms with E-state index < -0.39 is 24.6 Å². The van der Waals surface area contributed by atoms with Crippen molar-refractivity contribution in [3.05, 3.63) is 82.6 Å². The molecule has 0 saturated carbocycles. The number of hydrogen-bond donors (Lipinski definition) is 1. The van der Waals surface area contributed by atoms with Crippen molar-refractivity contribution in [2.45, 2.75) is 19.9 Å². The molecule has 0 saturated heterocycles. The molecule has 1 aliphatic heterocycles. The number of halogens is 1. The number of rotatable bonds is 10. The lowest BCUT2D eigenvalue weighted by Gasteiger charge is -2.23. The van der Waals surface area contributed by atoms with Gasteiger partial charge in [0.05, 0.1) is 40.0 Å². The second-order valence-electron chi connectivity index (χ2n) is 8.12. The highest BCUT2D eigenvalue weighted by Crippen LogP contribution is 2.35. The van der Waals surface area contributed by atoms with Crippen LogP contribution in [0.5, 0.6) is 17.2 Å². The van der Waals surface area contributed by atoms with Crippen LogP contribution in [0.25, 0.3) is 6.08 Å². The molecule has 1 atom stereocenters. The number of carboxylic acids is 1. The lowest BCUT2D eigenvalue weighted by atomic mass is 9.97. The van der Waals surface area contributed by atoms with Crippen LogP contribution in [0.15, 0.2) is 58.0 Å². The van der Waals surface area contributed by atoms with E-state index in [1.165, 1.54) is 29.2 Å².